The highest BCUT2D eigenvalue weighted by atomic mass is 16.2. The number of amides is 2. The van der Waals surface area contributed by atoms with Crippen LogP contribution >= 0.6 is 0 Å². The summed E-state index contributed by atoms with van der Waals surface area (Å²) >= 11 is 0. The van der Waals surface area contributed by atoms with Gasteiger partial charge in [-0.05, 0) is 13.8 Å². The van der Waals surface area contributed by atoms with Crippen LogP contribution in [-0.4, -0.2) is 23.8 Å². The third-order valence-corrected chi connectivity index (χ3v) is 2.31. The molecule has 0 fully saturated rings. The van der Waals surface area contributed by atoms with E-state index in [0.29, 0.717) is 12.8 Å². The van der Waals surface area contributed by atoms with Gasteiger partial charge < -0.3 is 0 Å². The Bertz CT molecular complexity index is 240. The van der Waals surface area contributed by atoms with Gasteiger partial charge in [0, 0.05) is 19.9 Å². The van der Waals surface area contributed by atoms with Crippen LogP contribution in [0.1, 0.15) is 26.7 Å². The number of nitrogens with zero attached hydrogens (tertiary/aromatic N) is 1. The molecule has 0 aliphatic carbocycles. The predicted molar refractivity (Wildman–Crippen MR) is 45.4 cm³/mol. The average Bonchev–Trinajstić information content (AvgIpc) is 2.07. The van der Waals surface area contributed by atoms with Crippen molar-refractivity contribution in [1.29, 1.82) is 0 Å². The first kappa shape index (κ1) is 8.97. The molecule has 1 heterocycles. The van der Waals surface area contributed by atoms with Crippen LogP contribution in [0.15, 0.2) is 11.1 Å². The molecule has 0 spiro atoms. The van der Waals surface area contributed by atoms with Gasteiger partial charge in [0.2, 0.25) is 11.8 Å². The lowest BCUT2D eigenvalue weighted by Crippen LogP contribution is -2.31. The summed E-state index contributed by atoms with van der Waals surface area (Å²) in [5.41, 5.74) is 2.05. The zero-order chi connectivity index (χ0) is 9.30. The molecule has 12 heavy (non-hydrogen) atoms. The molecule has 0 N–H and O–H groups in total. The smallest absolute Gasteiger partial charge is 0.232 e. The Morgan fingerprint density at radius 1 is 1.00 bits per heavy atom. The molecule has 2 amide bonds. The molecule has 0 atom stereocenters. The molecule has 66 valence electrons. The van der Waals surface area contributed by atoms with Gasteiger partial charge in [0.15, 0.2) is 0 Å². The molecular formula is C9H13NO2. The number of imide groups is 1. The number of carbonyl (C=O) groups excluding carboxylic acids is 2. The highest BCUT2D eigenvalue weighted by Crippen LogP contribution is 2.17. The van der Waals surface area contributed by atoms with Crippen molar-refractivity contribution in [2.75, 3.05) is 7.05 Å². The number of hydrogen-bond acceptors (Lipinski definition) is 2. The van der Waals surface area contributed by atoms with Gasteiger partial charge in [-0.15, -0.1) is 0 Å². The van der Waals surface area contributed by atoms with Gasteiger partial charge >= 0.3 is 0 Å². The quantitative estimate of drug-likeness (QED) is 0.400. The van der Waals surface area contributed by atoms with E-state index in [1.54, 1.807) is 0 Å². The van der Waals surface area contributed by atoms with E-state index in [1.807, 2.05) is 13.8 Å². The molecule has 0 aromatic carbocycles. The Labute approximate surface area is 72.0 Å². The van der Waals surface area contributed by atoms with Gasteiger partial charge in [0.25, 0.3) is 0 Å². The average molecular weight is 167 g/mol. The fraction of sp³-hybridized carbons (Fsp3) is 0.556. The van der Waals surface area contributed by atoms with Crippen LogP contribution < -0.4 is 0 Å². The van der Waals surface area contributed by atoms with Gasteiger partial charge in [-0.25, -0.2) is 0 Å². The molecule has 1 aliphatic heterocycles. The van der Waals surface area contributed by atoms with Crippen LogP contribution in [-0.2, 0) is 9.59 Å². The zero-order valence-electron chi connectivity index (χ0n) is 7.68. The molecule has 0 bridgehead atoms. The minimum atomic E-state index is -0.102. The van der Waals surface area contributed by atoms with Crippen molar-refractivity contribution in [3.8, 4) is 0 Å². The van der Waals surface area contributed by atoms with E-state index in [2.05, 4.69) is 0 Å². The van der Waals surface area contributed by atoms with Crippen LogP contribution in [0.2, 0.25) is 0 Å². The fourth-order valence-electron chi connectivity index (χ4n) is 1.13. The molecule has 1 rings (SSSR count). The van der Waals surface area contributed by atoms with Gasteiger partial charge in [-0.3, -0.25) is 14.5 Å². The highest BCUT2D eigenvalue weighted by Gasteiger charge is 2.21. The van der Waals surface area contributed by atoms with Crippen molar-refractivity contribution in [2.45, 2.75) is 26.7 Å². The van der Waals surface area contributed by atoms with Crippen molar-refractivity contribution in [1.82, 2.24) is 4.90 Å². The second-order valence-electron chi connectivity index (χ2n) is 3.26. The SMILES string of the molecule is CC1=C(C)CC(=O)N(C)C(=O)C1. The lowest BCUT2D eigenvalue weighted by atomic mass is 10.1. The normalized spacial score (nSPS) is 20.1. The van der Waals surface area contributed by atoms with Crippen LogP contribution in [0.3, 0.4) is 0 Å². The summed E-state index contributed by atoms with van der Waals surface area (Å²) in [6.45, 7) is 3.80. The van der Waals surface area contributed by atoms with E-state index in [4.69, 9.17) is 0 Å². The molecule has 1 aliphatic rings. The van der Waals surface area contributed by atoms with Gasteiger partial charge in [-0.1, -0.05) is 11.1 Å². The van der Waals surface area contributed by atoms with Crippen LogP contribution in [0.4, 0.5) is 0 Å². The summed E-state index contributed by atoms with van der Waals surface area (Å²) < 4.78 is 0. The molecule has 0 aromatic heterocycles. The van der Waals surface area contributed by atoms with E-state index in [0.717, 1.165) is 11.1 Å². The standard InChI is InChI=1S/C9H13NO2/c1-6-4-8(11)10(3)9(12)5-7(6)2/h4-5H2,1-3H3. The van der Waals surface area contributed by atoms with Crippen molar-refractivity contribution in [3.63, 3.8) is 0 Å². The summed E-state index contributed by atoms with van der Waals surface area (Å²) in [6.07, 6.45) is 0.766. The third-order valence-electron chi connectivity index (χ3n) is 2.31. The topological polar surface area (TPSA) is 37.4 Å². The number of carbonyl (C=O) groups is 2. The van der Waals surface area contributed by atoms with E-state index in [-0.39, 0.29) is 11.8 Å². The lowest BCUT2D eigenvalue weighted by molar-refractivity contribution is -0.141. The van der Waals surface area contributed by atoms with E-state index in [9.17, 15) is 9.59 Å². The molecular weight excluding hydrogens is 154 g/mol. The molecule has 0 saturated carbocycles. The molecule has 3 nitrogen and oxygen atoms in total. The summed E-state index contributed by atoms with van der Waals surface area (Å²) in [6, 6.07) is 0. The van der Waals surface area contributed by atoms with Gasteiger partial charge in [-0.2, -0.15) is 0 Å². The van der Waals surface area contributed by atoms with E-state index < -0.39 is 0 Å². The zero-order valence-corrected chi connectivity index (χ0v) is 7.68. The fourth-order valence-corrected chi connectivity index (χ4v) is 1.13. The maximum absolute atomic E-state index is 11.3. The minimum Gasteiger partial charge on any atom is -0.285 e. The number of rotatable bonds is 0. The Balaban J connectivity index is 2.94. The Morgan fingerprint density at radius 3 is 1.67 bits per heavy atom. The summed E-state index contributed by atoms with van der Waals surface area (Å²) in [7, 11) is 1.54. The highest BCUT2D eigenvalue weighted by molar-refractivity contribution is 5.98. The van der Waals surface area contributed by atoms with Crippen molar-refractivity contribution in [3.05, 3.63) is 11.1 Å². The second-order valence-corrected chi connectivity index (χ2v) is 3.26. The maximum Gasteiger partial charge on any atom is 0.232 e. The van der Waals surface area contributed by atoms with Crippen LogP contribution in [0.5, 0.6) is 0 Å². The van der Waals surface area contributed by atoms with E-state index >= 15 is 0 Å². The van der Waals surface area contributed by atoms with Crippen molar-refractivity contribution < 1.29 is 9.59 Å². The summed E-state index contributed by atoms with van der Waals surface area (Å²) in [5, 5.41) is 0. The molecule has 0 saturated heterocycles. The van der Waals surface area contributed by atoms with Crippen LogP contribution in [0.25, 0.3) is 0 Å². The maximum atomic E-state index is 11.3. The molecule has 3 heteroatoms. The van der Waals surface area contributed by atoms with Crippen LogP contribution in [0, 0.1) is 0 Å². The molecule has 0 radical (unpaired) electrons. The first-order valence-electron chi connectivity index (χ1n) is 3.97. The van der Waals surface area contributed by atoms with Crippen molar-refractivity contribution in [2.24, 2.45) is 0 Å². The Kier molecular flexibility index (Phi) is 2.31. The molecule has 0 aromatic rings. The van der Waals surface area contributed by atoms with E-state index in [1.165, 1.54) is 11.9 Å². The van der Waals surface area contributed by atoms with Gasteiger partial charge in [0.05, 0.1) is 0 Å². The number of hydrogen-bond donors (Lipinski definition) is 0. The molecule has 0 unspecified atom stereocenters. The first-order valence-corrected chi connectivity index (χ1v) is 3.97. The largest absolute Gasteiger partial charge is 0.285 e. The lowest BCUT2D eigenvalue weighted by Gasteiger charge is -2.10. The first-order chi connectivity index (χ1) is 5.52. The summed E-state index contributed by atoms with van der Waals surface area (Å²) in [5.74, 6) is -0.205. The third kappa shape index (κ3) is 1.55. The van der Waals surface area contributed by atoms with Crippen molar-refractivity contribution >= 4 is 11.8 Å². The Hall–Kier alpha value is -1.12. The van der Waals surface area contributed by atoms with Gasteiger partial charge in [0.1, 0.15) is 0 Å². The summed E-state index contributed by atoms with van der Waals surface area (Å²) in [4.78, 5) is 23.7. The minimum absolute atomic E-state index is 0.102. The second kappa shape index (κ2) is 3.09. The predicted octanol–water partition coefficient (Wildman–Crippen LogP) is 1.10. The Morgan fingerprint density at radius 2 is 1.33 bits per heavy atom. The monoisotopic (exact) mass is 167 g/mol.